The van der Waals surface area contributed by atoms with Gasteiger partial charge in [0.05, 0.1) is 45.8 Å². The Kier molecular flexibility index (Phi) is 8.09. The minimum atomic E-state index is -1.40. The molecule has 0 bridgehead atoms. The molecule has 4 aliphatic rings. The lowest BCUT2D eigenvalue weighted by Crippen LogP contribution is -2.62. The third kappa shape index (κ3) is 5.06. The summed E-state index contributed by atoms with van der Waals surface area (Å²) in [7, 11) is 0. The number of nitrogens with zero attached hydrogens (tertiary/aromatic N) is 4. The van der Waals surface area contributed by atoms with Crippen LogP contribution in [0.1, 0.15) is 43.7 Å². The van der Waals surface area contributed by atoms with E-state index in [1.807, 2.05) is 121 Å². The first-order valence-corrected chi connectivity index (χ1v) is 19.1. The number of para-hydroxylation sites is 2. The lowest BCUT2D eigenvalue weighted by molar-refractivity contribution is 0.0754. The number of carbonyl (C=O) groups is 2. The minimum absolute atomic E-state index is 0.0111. The molecule has 0 unspecified atom stereocenters. The molecule has 0 aromatic heterocycles. The van der Waals surface area contributed by atoms with E-state index in [-0.39, 0.29) is 24.8 Å². The van der Waals surface area contributed by atoms with Gasteiger partial charge in [-0.05, 0) is 83.9 Å². The highest BCUT2D eigenvalue weighted by Crippen LogP contribution is 2.54. The highest BCUT2D eigenvalue weighted by atomic mass is 35.5. The molecule has 4 heterocycles. The van der Waals surface area contributed by atoms with Crippen LogP contribution in [-0.2, 0) is 0 Å². The number of hydrogen-bond donors (Lipinski definition) is 0. The fourth-order valence-electron chi connectivity index (χ4n) is 8.78. The molecule has 2 spiro atoms. The molecule has 4 atom stereocenters. The summed E-state index contributed by atoms with van der Waals surface area (Å²) in [6, 6.07) is 48.9. The van der Waals surface area contributed by atoms with Crippen LogP contribution >= 0.6 is 23.2 Å². The van der Waals surface area contributed by atoms with Crippen LogP contribution in [-0.4, -0.2) is 47.3 Å². The Hall–Kier alpha value is -6.22. The van der Waals surface area contributed by atoms with Gasteiger partial charge in [0.1, 0.15) is 24.7 Å². The normalized spacial score (nSPS) is 23.7. The number of fused-ring (bicyclic) bond motifs is 2. The van der Waals surface area contributed by atoms with Crippen molar-refractivity contribution in [3.63, 3.8) is 0 Å². The average molecular weight is 776 g/mol. The van der Waals surface area contributed by atoms with Gasteiger partial charge in [0.25, 0.3) is 0 Å². The number of benzene rings is 6. The van der Waals surface area contributed by atoms with E-state index >= 15 is 9.59 Å². The third-order valence-electron chi connectivity index (χ3n) is 11.3. The van der Waals surface area contributed by atoms with Crippen LogP contribution < -0.4 is 19.5 Å². The summed E-state index contributed by atoms with van der Waals surface area (Å²) in [5, 5.41) is 15.6. The molecule has 10 heteroatoms. The van der Waals surface area contributed by atoms with Crippen LogP contribution in [0.3, 0.4) is 0 Å². The van der Waals surface area contributed by atoms with E-state index in [0.29, 0.717) is 55.5 Å². The van der Waals surface area contributed by atoms with Crippen LogP contribution in [0.2, 0.25) is 10.0 Å². The number of Topliss-reactive ketones (excluding diaryl/α,β-unsaturated/α-hetero) is 2. The molecule has 0 aliphatic carbocycles. The van der Waals surface area contributed by atoms with Gasteiger partial charge in [-0.1, -0.05) is 108 Å². The number of halogens is 2. The lowest BCUT2D eigenvalue weighted by Gasteiger charge is -2.44. The maximum Gasteiger partial charge on any atom is 0.198 e. The van der Waals surface area contributed by atoms with E-state index < -0.39 is 22.9 Å². The van der Waals surface area contributed by atoms with Crippen molar-refractivity contribution in [1.82, 2.24) is 0 Å². The van der Waals surface area contributed by atoms with E-state index in [1.165, 1.54) is 0 Å². The van der Waals surface area contributed by atoms with Crippen molar-refractivity contribution in [3.8, 4) is 11.5 Å². The molecule has 4 aliphatic heterocycles. The zero-order valence-electron chi connectivity index (χ0n) is 29.8. The van der Waals surface area contributed by atoms with Gasteiger partial charge in [0.15, 0.2) is 22.6 Å². The van der Waals surface area contributed by atoms with Crippen molar-refractivity contribution in [1.29, 1.82) is 0 Å². The lowest BCUT2D eigenvalue weighted by atomic mass is 9.66. The van der Waals surface area contributed by atoms with Crippen LogP contribution in [0.25, 0.3) is 0 Å². The van der Waals surface area contributed by atoms with Crippen molar-refractivity contribution in [2.24, 2.45) is 10.2 Å². The molecule has 0 saturated heterocycles. The Morgan fingerprint density at radius 3 is 1.23 bits per heavy atom. The highest BCUT2D eigenvalue weighted by molar-refractivity contribution is 6.50. The van der Waals surface area contributed by atoms with Gasteiger partial charge in [-0.2, -0.15) is 10.2 Å². The summed E-state index contributed by atoms with van der Waals surface area (Å²) >= 11 is 12.9. The van der Waals surface area contributed by atoms with E-state index in [9.17, 15) is 0 Å². The number of anilines is 2. The fourth-order valence-corrected chi connectivity index (χ4v) is 9.03. The zero-order chi connectivity index (χ0) is 38.0. The molecule has 0 fully saturated rings. The van der Waals surface area contributed by atoms with Gasteiger partial charge >= 0.3 is 0 Å². The zero-order valence-corrected chi connectivity index (χ0v) is 31.3. The van der Waals surface area contributed by atoms with Crippen LogP contribution in [0.15, 0.2) is 168 Å². The predicted octanol–water partition coefficient (Wildman–Crippen LogP) is 9.64. The highest BCUT2D eigenvalue weighted by Gasteiger charge is 2.66. The van der Waals surface area contributed by atoms with Gasteiger partial charge in [0.2, 0.25) is 0 Å². The number of carbonyl (C=O) groups excluding carboxylic acids is 2. The summed E-state index contributed by atoms with van der Waals surface area (Å²) < 4.78 is 13.1. The van der Waals surface area contributed by atoms with Gasteiger partial charge in [-0.25, -0.2) is 10.0 Å². The quantitative estimate of drug-likeness (QED) is 0.174. The van der Waals surface area contributed by atoms with E-state index in [0.717, 1.165) is 11.1 Å². The van der Waals surface area contributed by atoms with Gasteiger partial charge in [0, 0.05) is 10.0 Å². The molecule has 6 aromatic carbocycles. The van der Waals surface area contributed by atoms with Crippen molar-refractivity contribution in [2.75, 3.05) is 23.2 Å². The second-order valence-electron chi connectivity index (χ2n) is 14.3. The van der Waals surface area contributed by atoms with Crippen LogP contribution in [0, 0.1) is 0 Å². The molecule has 8 nitrogen and oxygen atoms in total. The molecular formula is C46H32Cl2N4O4. The molecule has 274 valence electrons. The first-order valence-electron chi connectivity index (χ1n) is 18.3. The molecular weight excluding hydrogens is 743 g/mol. The number of hydrazone groups is 2. The maximum absolute atomic E-state index is 15.4. The summed E-state index contributed by atoms with van der Waals surface area (Å²) in [4.78, 5) is 30.9. The fraction of sp³-hybridized carbons (Fsp3) is 0.130. The smallest absolute Gasteiger partial charge is 0.198 e. The monoisotopic (exact) mass is 774 g/mol. The predicted molar refractivity (Wildman–Crippen MR) is 219 cm³/mol. The Labute approximate surface area is 333 Å². The average Bonchev–Trinajstić information content (AvgIpc) is 3.76. The third-order valence-corrected chi connectivity index (χ3v) is 11.8. The Balaban J connectivity index is 1.27. The topological polar surface area (TPSA) is 83.8 Å². The first-order chi connectivity index (χ1) is 27.4. The first kappa shape index (κ1) is 34.3. The Bertz CT molecular complexity index is 2400. The molecule has 0 saturated carbocycles. The standard InChI is InChI=1S/C46H32Cl2N4O4/c47-31-19-23-33(24-20-31)51-45(27-55-37-17-9-7-15-35(37)43(45)53)39(29-11-3-1-4-12-29)41(49-51)42-40(30-13-5-2-6-14-30)46(52(50-42)34-25-21-32(48)22-26-34)28-56-38-18-10-8-16-36(38)44(46)54/h1-26,39-40H,27-28H2/t39-,40+,45-,46+. The van der Waals surface area contributed by atoms with Crippen molar-refractivity contribution in [3.05, 3.63) is 190 Å². The van der Waals surface area contributed by atoms with Crippen molar-refractivity contribution < 1.29 is 19.1 Å². The second-order valence-corrected chi connectivity index (χ2v) is 15.2. The maximum atomic E-state index is 15.4. The van der Waals surface area contributed by atoms with Gasteiger partial charge in [-0.3, -0.25) is 9.59 Å². The number of ketones is 2. The molecule has 10 rings (SSSR count). The van der Waals surface area contributed by atoms with Gasteiger partial charge < -0.3 is 9.47 Å². The van der Waals surface area contributed by atoms with E-state index in [2.05, 4.69) is 0 Å². The van der Waals surface area contributed by atoms with E-state index in [4.69, 9.17) is 42.9 Å². The minimum Gasteiger partial charge on any atom is -0.490 e. The van der Waals surface area contributed by atoms with Gasteiger partial charge in [-0.15, -0.1) is 0 Å². The number of rotatable bonds is 5. The molecule has 0 radical (unpaired) electrons. The Morgan fingerprint density at radius 2 is 0.839 bits per heavy atom. The second kappa shape index (κ2) is 13.2. The van der Waals surface area contributed by atoms with Crippen LogP contribution in [0.5, 0.6) is 11.5 Å². The van der Waals surface area contributed by atoms with Crippen molar-refractivity contribution >= 4 is 57.6 Å². The summed E-state index contributed by atoms with van der Waals surface area (Å²) in [6.45, 7) is -0.0223. The van der Waals surface area contributed by atoms with Crippen LogP contribution in [0.4, 0.5) is 11.4 Å². The summed E-state index contributed by atoms with van der Waals surface area (Å²) in [6.07, 6.45) is 0. The van der Waals surface area contributed by atoms with Crippen molar-refractivity contribution in [2.45, 2.75) is 22.9 Å². The Morgan fingerprint density at radius 1 is 0.482 bits per heavy atom. The SMILES string of the molecule is O=C1c2ccccc2OC[C@@]12[C@H](c1ccccc1)C(C1=NN(c3ccc(Cl)cc3)[C@@]3(COc4ccccc4C3=O)[C@H]1c1ccccc1)=NN2c1ccc(Cl)cc1. The van der Waals surface area contributed by atoms with E-state index in [1.54, 1.807) is 46.4 Å². The largest absolute Gasteiger partial charge is 0.490 e. The number of hydrogen-bond acceptors (Lipinski definition) is 8. The number of ether oxygens (including phenoxy) is 2. The summed E-state index contributed by atoms with van der Waals surface area (Å²) in [5.74, 6) is -0.690. The molecule has 0 amide bonds. The molecule has 56 heavy (non-hydrogen) atoms. The molecule has 0 N–H and O–H groups in total. The molecule has 6 aromatic rings. The summed E-state index contributed by atoms with van der Waals surface area (Å²) in [5.41, 5.74) is 2.13.